The average Bonchev–Trinajstić information content (AvgIpc) is 2.64. The number of nitrogens with two attached hydrogens (primary N) is 1. The number of hydrogen-bond donors (Lipinski definition) is 2. The smallest absolute Gasteiger partial charge is 0.249 e. The molecule has 3 N–H and O–H groups in total. The molecule has 0 bridgehead atoms. The van der Waals surface area contributed by atoms with Gasteiger partial charge in [0.25, 0.3) is 0 Å². The van der Waals surface area contributed by atoms with Gasteiger partial charge in [-0.15, -0.1) is 12.4 Å². The van der Waals surface area contributed by atoms with E-state index in [1.807, 2.05) is 18.2 Å². The van der Waals surface area contributed by atoms with E-state index in [-0.39, 0.29) is 30.3 Å². The van der Waals surface area contributed by atoms with E-state index in [1.165, 1.54) is 0 Å². The third kappa shape index (κ3) is 6.13. The highest BCUT2D eigenvalue weighted by atomic mass is 35.5. The molecule has 0 saturated carbocycles. The van der Waals surface area contributed by atoms with Crippen LogP contribution in [0, 0.1) is 0 Å². The van der Waals surface area contributed by atoms with Crippen LogP contribution >= 0.6 is 12.4 Å². The first-order valence-corrected chi connectivity index (χ1v) is 9.60. The van der Waals surface area contributed by atoms with Crippen LogP contribution in [0.3, 0.4) is 0 Å². The molecule has 6 heteroatoms. The lowest BCUT2D eigenvalue weighted by atomic mass is 9.86. The van der Waals surface area contributed by atoms with Crippen molar-refractivity contribution in [2.45, 2.75) is 58.9 Å². The van der Waals surface area contributed by atoms with E-state index in [2.05, 4.69) is 44.9 Å². The lowest BCUT2D eigenvalue weighted by Crippen LogP contribution is -2.26. The van der Waals surface area contributed by atoms with Gasteiger partial charge in [0.1, 0.15) is 12.4 Å². The summed E-state index contributed by atoms with van der Waals surface area (Å²) >= 11 is 0. The minimum absolute atomic E-state index is 0. The van der Waals surface area contributed by atoms with Crippen molar-refractivity contribution in [2.24, 2.45) is 5.73 Å². The van der Waals surface area contributed by atoms with E-state index in [4.69, 9.17) is 10.5 Å². The summed E-state index contributed by atoms with van der Waals surface area (Å²) < 4.78 is 6.06. The molecule has 0 fully saturated rings. The summed E-state index contributed by atoms with van der Waals surface area (Å²) in [6.45, 7) is 11.0. The van der Waals surface area contributed by atoms with Gasteiger partial charge in [-0.2, -0.15) is 0 Å². The number of hydrogen-bond acceptors (Lipinski definition) is 4. The van der Waals surface area contributed by atoms with Crippen molar-refractivity contribution >= 4 is 24.0 Å². The summed E-state index contributed by atoms with van der Waals surface area (Å²) in [6, 6.07) is 7.84. The summed E-state index contributed by atoms with van der Waals surface area (Å²) in [5.41, 5.74) is 9.37. The largest absolute Gasteiger partial charge is 0.491 e. The fourth-order valence-electron chi connectivity index (χ4n) is 3.20. The number of halogens is 1. The van der Waals surface area contributed by atoms with Gasteiger partial charge in [-0.05, 0) is 53.6 Å². The number of pyridine rings is 1. The highest BCUT2D eigenvalue weighted by Gasteiger charge is 2.20. The molecule has 2 aromatic rings. The Balaban J connectivity index is 0.00000392. The molecule has 1 amide bonds. The number of nitrogens with one attached hydrogen (secondary N) is 1. The number of rotatable bonds is 9. The first kappa shape index (κ1) is 23.8. The average molecular weight is 406 g/mol. The fraction of sp³-hybridized carbons (Fsp3) is 0.455. The molecule has 1 atom stereocenters. The quantitative estimate of drug-likeness (QED) is 0.607. The van der Waals surface area contributed by atoms with Crippen molar-refractivity contribution in [3.05, 3.63) is 53.3 Å². The van der Waals surface area contributed by atoms with E-state index in [1.54, 1.807) is 18.5 Å². The highest BCUT2D eigenvalue weighted by molar-refractivity contribution is 5.95. The molecule has 1 aromatic carbocycles. The standard InChI is InChI=1S/C22H31N3O2.ClH/c1-6-16(25-17-7-9-24-10-8-17)13-27-18-11-19(14(2)3)21(15(4)5)20(12-18)22(23)26;/h7-12,14-16H,6,13H2,1-5H3,(H2,23,26)(H,24,25);1H. The minimum atomic E-state index is -0.409. The normalized spacial score (nSPS) is 11.8. The van der Waals surface area contributed by atoms with Crippen LogP contribution < -0.4 is 15.8 Å². The number of aromatic nitrogens is 1. The lowest BCUT2D eigenvalue weighted by Gasteiger charge is -2.23. The predicted octanol–water partition coefficient (Wildman–Crippen LogP) is 5.12. The molecule has 1 heterocycles. The van der Waals surface area contributed by atoms with Gasteiger partial charge in [-0.3, -0.25) is 9.78 Å². The summed E-state index contributed by atoms with van der Waals surface area (Å²) in [4.78, 5) is 16.1. The molecule has 1 unspecified atom stereocenters. The number of carbonyl (C=O) groups excluding carboxylic acids is 1. The van der Waals surface area contributed by atoms with Crippen molar-refractivity contribution in [1.82, 2.24) is 4.98 Å². The molecule has 0 aliphatic heterocycles. The van der Waals surface area contributed by atoms with Crippen LogP contribution in [0.4, 0.5) is 5.69 Å². The number of nitrogens with zero attached hydrogens (tertiary/aromatic N) is 1. The maximum Gasteiger partial charge on any atom is 0.249 e. The van der Waals surface area contributed by atoms with Crippen LogP contribution in [-0.2, 0) is 0 Å². The molecule has 0 radical (unpaired) electrons. The monoisotopic (exact) mass is 405 g/mol. The topological polar surface area (TPSA) is 77.2 Å². The second-order valence-electron chi connectivity index (χ2n) is 7.44. The van der Waals surface area contributed by atoms with Crippen LogP contribution in [0.15, 0.2) is 36.7 Å². The van der Waals surface area contributed by atoms with Gasteiger partial charge >= 0.3 is 0 Å². The number of anilines is 1. The highest BCUT2D eigenvalue weighted by Crippen LogP contribution is 2.33. The summed E-state index contributed by atoms with van der Waals surface area (Å²) in [6.07, 6.45) is 4.43. The Kier molecular flexibility index (Phi) is 9.26. The molecule has 1 aromatic heterocycles. The predicted molar refractivity (Wildman–Crippen MR) is 118 cm³/mol. The molecule has 0 spiro atoms. The van der Waals surface area contributed by atoms with Crippen LogP contribution in [0.5, 0.6) is 5.75 Å². The molecule has 2 rings (SSSR count). The van der Waals surface area contributed by atoms with E-state index < -0.39 is 5.91 Å². The number of benzene rings is 1. The second kappa shape index (κ2) is 10.9. The molecule has 0 aliphatic carbocycles. The molecule has 28 heavy (non-hydrogen) atoms. The van der Waals surface area contributed by atoms with Crippen LogP contribution in [0.2, 0.25) is 0 Å². The SMILES string of the molecule is CCC(COc1cc(C(N)=O)c(C(C)C)c(C(C)C)c1)Nc1ccncc1.Cl. The molecule has 0 aliphatic rings. The van der Waals surface area contributed by atoms with Gasteiger partial charge in [0.2, 0.25) is 5.91 Å². The first-order valence-electron chi connectivity index (χ1n) is 9.60. The lowest BCUT2D eigenvalue weighted by molar-refractivity contribution is 0.0998. The zero-order valence-corrected chi connectivity index (χ0v) is 18.2. The summed E-state index contributed by atoms with van der Waals surface area (Å²) in [7, 11) is 0. The van der Waals surface area contributed by atoms with Crippen LogP contribution in [0.25, 0.3) is 0 Å². The Morgan fingerprint density at radius 3 is 2.29 bits per heavy atom. The fourth-order valence-corrected chi connectivity index (χ4v) is 3.20. The maximum absolute atomic E-state index is 12.0. The maximum atomic E-state index is 12.0. The van der Waals surface area contributed by atoms with Crippen molar-refractivity contribution < 1.29 is 9.53 Å². The van der Waals surface area contributed by atoms with E-state index in [9.17, 15) is 4.79 Å². The van der Waals surface area contributed by atoms with Crippen molar-refractivity contribution in [3.8, 4) is 5.75 Å². The van der Waals surface area contributed by atoms with Crippen molar-refractivity contribution in [3.63, 3.8) is 0 Å². The zero-order chi connectivity index (χ0) is 20.0. The Labute approximate surface area is 174 Å². The molecular weight excluding hydrogens is 374 g/mol. The zero-order valence-electron chi connectivity index (χ0n) is 17.4. The molecule has 154 valence electrons. The van der Waals surface area contributed by atoms with Gasteiger partial charge in [0.15, 0.2) is 0 Å². The molecule has 5 nitrogen and oxygen atoms in total. The first-order chi connectivity index (χ1) is 12.8. The van der Waals surface area contributed by atoms with Gasteiger partial charge in [-0.1, -0.05) is 34.6 Å². The van der Waals surface area contributed by atoms with Gasteiger partial charge in [0, 0.05) is 23.6 Å². The van der Waals surface area contributed by atoms with Gasteiger partial charge in [-0.25, -0.2) is 0 Å². The summed E-state index contributed by atoms with van der Waals surface area (Å²) in [5, 5.41) is 3.45. The number of carbonyl (C=O) groups is 1. The summed E-state index contributed by atoms with van der Waals surface area (Å²) in [5.74, 6) is 0.775. The number of amides is 1. The molecule has 0 saturated heterocycles. The number of primary amides is 1. The Morgan fingerprint density at radius 1 is 1.14 bits per heavy atom. The van der Waals surface area contributed by atoms with E-state index >= 15 is 0 Å². The van der Waals surface area contributed by atoms with Crippen LogP contribution in [0.1, 0.15) is 74.4 Å². The van der Waals surface area contributed by atoms with Gasteiger partial charge in [0.05, 0.1) is 6.04 Å². The van der Waals surface area contributed by atoms with Gasteiger partial charge < -0.3 is 15.8 Å². The van der Waals surface area contributed by atoms with Crippen LogP contribution in [-0.4, -0.2) is 23.5 Å². The van der Waals surface area contributed by atoms with E-state index in [0.29, 0.717) is 17.9 Å². The third-order valence-electron chi connectivity index (χ3n) is 4.65. The third-order valence-corrected chi connectivity index (χ3v) is 4.65. The van der Waals surface area contributed by atoms with Crippen molar-refractivity contribution in [1.29, 1.82) is 0 Å². The second-order valence-corrected chi connectivity index (χ2v) is 7.44. The number of ether oxygens (including phenoxy) is 1. The Bertz CT molecular complexity index is 764. The Morgan fingerprint density at radius 2 is 1.79 bits per heavy atom. The van der Waals surface area contributed by atoms with Crippen molar-refractivity contribution in [2.75, 3.05) is 11.9 Å². The van der Waals surface area contributed by atoms with E-state index in [0.717, 1.165) is 23.2 Å². The minimum Gasteiger partial charge on any atom is -0.491 e. The Hall–Kier alpha value is -2.27. The molecular formula is C22H32ClN3O2.